The van der Waals surface area contributed by atoms with Crippen LogP contribution in [0, 0.1) is 0 Å². The standard InChI is InChI=1S/C17H16N2O3/c20-17-14(7-5-11-3-1-2-4-13(11)19-17)18-12-6-8-15-16(9-12)22-10-21-15/h1-4,6,8-9,14,18H,5,7,10H2,(H,19,20)/t14-/m0/s1. The molecule has 1 atom stereocenters. The summed E-state index contributed by atoms with van der Waals surface area (Å²) in [5.74, 6) is 1.44. The van der Waals surface area contributed by atoms with E-state index < -0.39 is 0 Å². The highest BCUT2D eigenvalue weighted by Gasteiger charge is 2.24. The fourth-order valence-electron chi connectivity index (χ4n) is 2.84. The molecule has 0 saturated carbocycles. The van der Waals surface area contributed by atoms with Crippen molar-refractivity contribution >= 4 is 17.3 Å². The summed E-state index contributed by atoms with van der Waals surface area (Å²) in [5, 5.41) is 6.28. The van der Waals surface area contributed by atoms with Gasteiger partial charge < -0.3 is 20.1 Å². The SMILES string of the molecule is O=C1Nc2ccccc2CC[C@@H]1Nc1ccc2c(c1)OCO2. The fourth-order valence-corrected chi connectivity index (χ4v) is 2.84. The van der Waals surface area contributed by atoms with E-state index in [1.54, 1.807) is 0 Å². The van der Waals surface area contributed by atoms with Crippen LogP contribution >= 0.6 is 0 Å². The van der Waals surface area contributed by atoms with Gasteiger partial charge in [0.1, 0.15) is 6.04 Å². The molecule has 2 aromatic rings. The molecule has 5 nitrogen and oxygen atoms in total. The van der Waals surface area contributed by atoms with E-state index in [1.165, 1.54) is 5.56 Å². The van der Waals surface area contributed by atoms with Crippen molar-refractivity contribution in [1.29, 1.82) is 0 Å². The first-order chi connectivity index (χ1) is 10.8. The number of rotatable bonds is 2. The second kappa shape index (κ2) is 5.26. The van der Waals surface area contributed by atoms with E-state index in [4.69, 9.17) is 9.47 Å². The zero-order valence-electron chi connectivity index (χ0n) is 12.0. The molecular weight excluding hydrogens is 280 g/mol. The minimum absolute atomic E-state index is 0.0115. The summed E-state index contributed by atoms with van der Waals surface area (Å²) in [5.41, 5.74) is 2.93. The average molecular weight is 296 g/mol. The third-order valence-electron chi connectivity index (χ3n) is 4.01. The van der Waals surface area contributed by atoms with Crippen molar-refractivity contribution in [3.05, 3.63) is 48.0 Å². The molecule has 0 fully saturated rings. The maximum Gasteiger partial charge on any atom is 0.246 e. The number of aryl methyl sites for hydroxylation is 1. The van der Waals surface area contributed by atoms with Crippen LogP contribution in [-0.4, -0.2) is 18.7 Å². The summed E-state index contributed by atoms with van der Waals surface area (Å²) < 4.78 is 10.7. The summed E-state index contributed by atoms with van der Waals surface area (Å²) in [7, 11) is 0. The normalized spacial score (nSPS) is 19.1. The highest BCUT2D eigenvalue weighted by molar-refractivity contribution is 5.98. The maximum atomic E-state index is 12.4. The lowest BCUT2D eigenvalue weighted by atomic mass is 10.1. The Morgan fingerprint density at radius 3 is 2.91 bits per heavy atom. The van der Waals surface area contributed by atoms with Gasteiger partial charge in [-0.2, -0.15) is 0 Å². The number of anilines is 2. The topological polar surface area (TPSA) is 59.6 Å². The van der Waals surface area contributed by atoms with Gasteiger partial charge in [0.15, 0.2) is 11.5 Å². The third-order valence-corrected chi connectivity index (χ3v) is 4.01. The predicted molar refractivity (Wildman–Crippen MR) is 83.4 cm³/mol. The van der Waals surface area contributed by atoms with Crippen molar-refractivity contribution in [3.8, 4) is 11.5 Å². The molecule has 2 aromatic carbocycles. The summed E-state index contributed by atoms with van der Waals surface area (Å²) >= 11 is 0. The van der Waals surface area contributed by atoms with Crippen LogP contribution in [0.15, 0.2) is 42.5 Å². The number of para-hydroxylation sites is 1. The van der Waals surface area contributed by atoms with Gasteiger partial charge in [-0.15, -0.1) is 0 Å². The van der Waals surface area contributed by atoms with E-state index in [-0.39, 0.29) is 18.7 Å². The molecule has 0 saturated heterocycles. The summed E-state index contributed by atoms with van der Waals surface area (Å²) in [6, 6.07) is 13.3. The Kier molecular flexibility index (Phi) is 3.11. The van der Waals surface area contributed by atoms with Crippen LogP contribution in [-0.2, 0) is 11.2 Å². The first-order valence-electron chi connectivity index (χ1n) is 7.34. The number of hydrogen-bond donors (Lipinski definition) is 2. The number of amides is 1. The van der Waals surface area contributed by atoms with Crippen molar-refractivity contribution in [2.75, 3.05) is 17.4 Å². The molecule has 2 aliphatic heterocycles. The Morgan fingerprint density at radius 1 is 1.09 bits per heavy atom. The van der Waals surface area contributed by atoms with Gasteiger partial charge in [-0.05, 0) is 36.6 Å². The number of carbonyl (C=O) groups excluding carboxylic acids is 1. The van der Waals surface area contributed by atoms with Crippen LogP contribution in [0.2, 0.25) is 0 Å². The van der Waals surface area contributed by atoms with Crippen LogP contribution < -0.4 is 20.1 Å². The summed E-state index contributed by atoms with van der Waals surface area (Å²) in [6.45, 7) is 0.248. The molecular formula is C17H16N2O3. The molecule has 1 amide bonds. The highest BCUT2D eigenvalue weighted by atomic mass is 16.7. The molecule has 22 heavy (non-hydrogen) atoms. The lowest BCUT2D eigenvalue weighted by Gasteiger charge is -2.16. The Bertz CT molecular complexity index is 730. The molecule has 0 aliphatic carbocycles. The van der Waals surface area contributed by atoms with Gasteiger partial charge in [-0.1, -0.05) is 18.2 Å². The first kappa shape index (κ1) is 13.0. The number of carbonyl (C=O) groups is 1. The monoisotopic (exact) mass is 296 g/mol. The molecule has 0 spiro atoms. The zero-order chi connectivity index (χ0) is 14.9. The Hall–Kier alpha value is -2.69. The molecule has 2 heterocycles. The largest absolute Gasteiger partial charge is 0.454 e. The number of benzene rings is 2. The van der Waals surface area contributed by atoms with Gasteiger partial charge in [-0.3, -0.25) is 4.79 Å². The van der Waals surface area contributed by atoms with Crippen molar-refractivity contribution in [2.45, 2.75) is 18.9 Å². The quantitative estimate of drug-likeness (QED) is 0.894. The summed E-state index contributed by atoms with van der Waals surface area (Å²) in [6.07, 6.45) is 1.61. The van der Waals surface area contributed by atoms with Gasteiger partial charge in [-0.25, -0.2) is 0 Å². The molecule has 0 bridgehead atoms. The van der Waals surface area contributed by atoms with Crippen LogP contribution in [0.5, 0.6) is 11.5 Å². The Labute approximate surface area is 128 Å². The van der Waals surface area contributed by atoms with E-state index in [0.29, 0.717) is 5.75 Å². The van der Waals surface area contributed by atoms with Crippen molar-refractivity contribution in [3.63, 3.8) is 0 Å². The number of ether oxygens (including phenoxy) is 2. The molecule has 2 N–H and O–H groups in total. The van der Waals surface area contributed by atoms with E-state index >= 15 is 0 Å². The maximum absolute atomic E-state index is 12.4. The minimum Gasteiger partial charge on any atom is -0.454 e. The van der Waals surface area contributed by atoms with Gasteiger partial charge in [0.05, 0.1) is 0 Å². The fraction of sp³-hybridized carbons (Fsp3) is 0.235. The van der Waals surface area contributed by atoms with Crippen LogP contribution in [0.3, 0.4) is 0 Å². The molecule has 0 radical (unpaired) electrons. The van der Waals surface area contributed by atoms with Crippen LogP contribution in [0.25, 0.3) is 0 Å². The molecule has 0 unspecified atom stereocenters. The van der Waals surface area contributed by atoms with E-state index in [0.717, 1.165) is 30.0 Å². The lowest BCUT2D eigenvalue weighted by molar-refractivity contribution is -0.116. The van der Waals surface area contributed by atoms with E-state index in [2.05, 4.69) is 16.7 Å². The van der Waals surface area contributed by atoms with E-state index in [1.807, 2.05) is 36.4 Å². The first-order valence-corrected chi connectivity index (χ1v) is 7.34. The third kappa shape index (κ3) is 2.35. The average Bonchev–Trinajstić information content (AvgIpc) is 2.93. The van der Waals surface area contributed by atoms with Gasteiger partial charge in [0.2, 0.25) is 12.7 Å². The second-order valence-electron chi connectivity index (χ2n) is 5.45. The van der Waals surface area contributed by atoms with Crippen LogP contribution in [0.1, 0.15) is 12.0 Å². The smallest absolute Gasteiger partial charge is 0.246 e. The molecule has 112 valence electrons. The van der Waals surface area contributed by atoms with Crippen LogP contribution in [0.4, 0.5) is 11.4 Å². The predicted octanol–water partition coefficient (Wildman–Crippen LogP) is 2.78. The van der Waals surface area contributed by atoms with E-state index in [9.17, 15) is 4.79 Å². The summed E-state index contributed by atoms with van der Waals surface area (Å²) in [4.78, 5) is 12.4. The van der Waals surface area contributed by atoms with Crippen molar-refractivity contribution in [2.24, 2.45) is 0 Å². The second-order valence-corrected chi connectivity index (χ2v) is 5.45. The minimum atomic E-state index is -0.271. The zero-order valence-corrected chi connectivity index (χ0v) is 12.0. The molecule has 5 heteroatoms. The van der Waals surface area contributed by atoms with Crippen molar-refractivity contribution < 1.29 is 14.3 Å². The molecule has 2 aliphatic rings. The highest BCUT2D eigenvalue weighted by Crippen LogP contribution is 2.34. The number of hydrogen-bond acceptors (Lipinski definition) is 4. The number of nitrogens with one attached hydrogen (secondary N) is 2. The van der Waals surface area contributed by atoms with Crippen molar-refractivity contribution in [1.82, 2.24) is 0 Å². The Balaban J connectivity index is 1.53. The molecule has 4 rings (SSSR count). The van der Waals surface area contributed by atoms with Gasteiger partial charge in [0, 0.05) is 17.4 Å². The Morgan fingerprint density at radius 2 is 1.95 bits per heavy atom. The van der Waals surface area contributed by atoms with Gasteiger partial charge >= 0.3 is 0 Å². The number of fused-ring (bicyclic) bond motifs is 2. The lowest BCUT2D eigenvalue weighted by Crippen LogP contribution is -2.33. The van der Waals surface area contributed by atoms with Gasteiger partial charge in [0.25, 0.3) is 0 Å². The molecule has 0 aromatic heterocycles.